The van der Waals surface area contributed by atoms with Gasteiger partial charge >= 0.3 is 6.18 Å². The maximum Gasteiger partial charge on any atom is 0.416 e. The highest BCUT2D eigenvalue weighted by Crippen LogP contribution is 2.59. The third kappa shape index (κ3) is 7.16. The second-order valence-corrected chi connectivity index (χ2v) is 19.6. The van der Waals surface area contributed by atoms with Gasteiger partial charge in [-0.25, -0.2) is 4.39 Å². The molecule has 0 spiro atoms. The Hall–Kier alpha value is -9.52. The number of hydrogen-bond donors (Lipinski definition) is 0. The summed E-state index contributed by atoms with van der Waals surface area (Å²) in [4.78, 5) is 1.74. The lowest BCUT2D eigenvalue weighted by molar-refractivity contribution is -0.137. The first-order chi connectivity index (χ1) is 37.2. The van der Waals surface area contributed by atoms with Gasteiger partial charge in [0.2, 0.25) is 0 Å². The summed E-state index contributed by atoms with van der Waals surface area (Å²) < 4.78 is 66.1. The maximum absolute atomic E-state index is 16.8. The molecule has 1 atom stereocenters. The molecule has 1 heterocycles. The smallest absolute Gasteiger partial charge is 0.416 e. The van der Waals surface area contributed by atoms with E-state index in [0.29, 0.717) is 17.4 Å². The Morgan fingerprint density at radius 2 is 0.934 bits per heavy atom. The van der Waals surface area contributed by atoms with E-state index in [9.17, 15) is 13.2 Å². The molecule has 362 valence electrons. The minimum absolute atomic E-state index is 0.0246. The van der Waals surface area contributed by atoms with Crippen molar-refractivity contribution in [2.24, 2.45) is 0 Å². The predicted octanol–water partition coefficient (Wildman–Crippen LogP) is 19.9. The van der Waals surface area contributed by atoms with E-state index in [-0.39, 0.29) is 5.69 Å². The molecule has 12 aromatic carbocycles. The van der Waals surface area contributed by atoms with E-state index in [1.807, 2.05) is 91.0 Å². The fourth-order valence-electron chi connectivity index (χ4n) is 12.1. The van der Waals surface area contributed by atoms with E-state index in [1.54, 1.807) is 4.90 Å². The van der Waals surface area contributed by atoms with Crippen molar-refractivity contribution in [1.82, 2.24) is 0 Å². The number of furan rings is 1. The van der Waals surface area contributed by atoms with Crippen LogP contribution in [0.2, 0.25) is 0 Å². The van der Waals surface area contributed by atoms with Crippen LogP contribution in [0.15, 0.2) is 265 Å². The molecule has 14 rings (SSSR count). The van der Waals surface area contributed by atoms with Gasteiger partial charge in [-0.15, -0.1) is 0 Å². The zero-order chi connectivity index (χ0) is 51.1. The molecular weight excluding hydrogens is 947 g/mol. The Kier molecular flexibility index (Phi) is 10.4. The number of halogens is 4. The second kappa shape index (κ2) is 17.6. The topological polar surface area (TPSA) is 16.4 Å². The first-order valence-corrected chi connectivity index (χ1v) is 25.3. The van der Waals surface area contributed by atoms with Gasteiger partial charge in [-0.2, -0.15) is 13.2 Å². The molecule has 0 bridgehead atoms. The third-order valence-corrected chi connectivity index (χ3v) is 15.4. The average molecular weight is 990 g/mol. The summed E-state index contributed by atoms with van der Waals surface area (Å²) in [6, 6.07) is 86.1. The molecule has 1 unspecified atom stereocenters. The average Bonchev–Trinajstić information content (AvgIpc) is 4.00. The van der Waals surface area contributed by atoms with Crippen LogP contribution < -0.4 is 4.90 Å². The largest absolute Gasteiger partial charge is 0.456 e. The highest BCUT2D eigenvalue weighted by atomic mass is 19.4. The molecule has 6 heteroatoms. The quantitative estimate of drug-likeness (QED) is 0.141. The number of rotatable bonds is 8. The fraction of sp³-hybridized carbons (Fsp3) is 0.0286. The molecule has 0 fully saturated rings. The lowest BCUT2D eigenvalue weighted by Crippen LogP contribution is -2.28. The summed E-state index contributed by atoms with van der Waals surface area (Å²) >= 11 is 0. The van der Waals surface area contributed by atoms with Crippen LogP contribution >= 0.6 is 0 Å². The van der Waals surface area contributed by atoms with Crippen LogP contribution in [0.25, 0.3) is 88.0 Å². The normalized spacial score (nSPS) is 14.1. The zero-order valence-corrected chi connectivity index (χ0v) is 40.7. The summed E-state index contributed by atoms with van der Waals surface area (Å²) in [5, 5.41) is 6.36. The molecule has 13 aromatic rings. The Morgan fingerprint density at radius 3 is 1.67 bits per heavy atom. The van der Waals surface area contributed by atoms with Crippen LogP contribution in [-0.4, -0.2) is 0 Å². The number of alkyl halides is 3. The second-order valence-electron chi connectivity index (χ2n) is 19.6. The van der Waals surface area contributed by atoms with Crippen LogP contribution in [0.4, 0.5) is 34.6 Å². The molecule has 0 saturated heterocycles. The monoisotopic (exact) mass is 989 g/mol. The molecule has 0 amide bonds. The van der Waals surface area contributed by atoms with Crippen LogP contribution in [-0.2, 0) is 11.6 Å². The summed E-state index contributed by atoms with van der Waals surface area (Å²) in [6.07, 6.45) is -4.74. The van der Waals surface area contributed by atoms with Gasteiger partial charge in [0.05, 0.1) is 16.7 Å². The Balaban J connectivity index is 1.01. The standard InChI is InChI=1S/C70H43F4NO/c71-64-43-51(70(72,73)74)34-38-65(64)75(52-35-31-46(32-36-52)56-25-12-17-44-15-4-6-21-54(44)56)53-40-48(39-49(41-53)57-26-13-18-45-16-5-7-22-55(45)57)47-33-37-62-60(42-47)58-23-8-10-27-61(58)69(62,50-19-2-1-3-20-50)63-28-14-30-67-68(63)59-24-9-11-29-66(59)76-67/h1-43H. The van der Waals surface area contributed by atoms with E-state index in [1.165, 1.54) is 6.07 Å². The van der Waals surface area contributed by atoms with Gasteiger partial charge in [-0.3, -0.25) is 0 Å². The molecular formula is C70H43F4NO. The number of para-hydroxylation sites is 1. The molecule has 1 aliphatic rings. The Bertz CT molecular complexity index is 4410. The van der Waals surface area contributed by atoms with Gasteiger partial charge in [-0.05, 0) is 155 Å². The minimum Gasteiger partial charge on any atom is -0.456 e. The van der Waals surface area contributed by atoms with Crippen molar-refractivity contribution in [3.05, 3.63) is 294 Å². The lowest BCUT2D eigenvalue weighted by Gasteiger charge is -2.34. The summed E-state index contributed by atoms with van der Waals surface area (Å²) in [5.41, 5.74) is 13.1. The zero-order valence-electron chi connectivity index (χ0n) is 40.7. The van der Waals surface area contributed by atoms with Gasteiger partial charge < -0.3 is 9.32 Å². The number of benzene rings is 12. The predicted molar refractivity (Wildman–Crippen MR) is 302 cm³/mol. The van der Waals surface area contributed by atoms with Crippen LogP contribution in [0.5, 0.6) is 0 Å². The van der Waals surface area contributed by atoms with Crippen molar-refractivity contribution in [2.75, 3.05) is 4.90 Å². The van der Waals surface area contributed by atoms with Gasteiger partial charge in [0.25, 0.3) is 0 Å². The first-order valence-electron chi connectivity index (χ1n) is 25.3. The van der Waals surface area contributed by atoms with Gasteiger partial charge in [0.1, 0.15) is 17.0 Å². The van der Waals surface area contributed by atoms with E-state index in [0.717, 1.165) is 116 Å². The van der Waals surface area contributed by atoms with Crippen molar-refractivity contribution < 1.29 is 22.0 Å². The number of fused-ring (bicyclic) bond motifs is 8. The number of nitrogens with zero attached hydrogens (tertiary/aromatic N) is 1. The van der Waals surface area contributed by atoms with Gasteiger partial charge in [-0.1, -0.05) is 194 Å². The van der Waals surface area contributed by atoms with E-state index in [4.69, 9.17) is 4.42 Å². The van der Waals surface area contributed by atoms with Crippen LogP contribution in [0, 0.1) is 5.82 Å². The molecule has 76 heavy (non-hydrogen) atoms. The maximum atomic E-state index is 16.8. The number of hydrogen-bond acceptors (Lipinski definition) is 2. The number of anilines is 3. The molecule has 1 aromatic heterocycles. The van der Waals surface area contributed by atoms with Crippen molar-refractivity contribution in [1.29, 1.82) is 0 Å². The highest BCUT2D eigenvalue weighted by Gasteiger charge is 2.47. The van der Waals surface area contributed by atoms with E-state index < -0.39 is 23.0 Å². The van der Waals surface area contributed by atoms with Crippen LogP contribution in [0.3, 0.4) is 0 Å². The third-order valence-electron chi connectivity index (χ3n) is 15.4. The van der Waals surface area contributed by atoms with Gasteiger partial charge in [0.15, 0.2) is 0 Å². The Morgan fingerprint density at radius 1 is 0.368 bits per heavy atom. The van der Waals surface area contributed by atoms with Gasteiger partial charge in [0, 0.05) is 22.1 Å². The molecule has 0 aliphatic heterocycles. The van der Waals surface area contributed by atoms with Crippen molar-refractivity contribution in [3.8, 4) is 44.5 Å². The SMILES string of the molecule is Fc1cc(C(F)(F)F)ccc1N(c1ccc(-c2cccc3ccccc23)cc1)c1cc(-c2ccc3c(c2)-c2ccccc2C3(c2ccccc2)c2cccc3oc4ccccc4c23)cc(-c2cccc3ccccc23)c1. The molecule has 1 aliphatic carbocycles. The van der Waals surface area contributed by atoms with E-state index >= 15 is 4.39 Å². The lowest BCUT2D eigenvalue weighted by atomic mass is 9.66. The summed E-state index contributed by atoms with van der Waals surface area (Å²) in [5.74, 6) is -1.00. The molecule has 0 radical (unpaired) electrons. The molecule has 0 N–H and O–H groups in total. The van der Waals surface area contributed by atoms with Crippen molar-refractivity contribution in [2.45, 2.75) is 11.6 Å². The molecule has 0 saturated carbocycles. The van der Waals surface area contributed by atoms with Crippen molar-refractivity contribution >= 4 is 60.5 Å². The van der Waals surface area contributed by atoms with Crippen molar-refractivity contribution in [3.63, 3.8) is 0 Å². The first kappa shape index (κ1) is 45.1. The highest BCUT2D eigenvalue weighted by molar-refractivity contribution is 6.09. The van der Waals surface area contributed by atoms with E-state index in [2.05, 4.69) is 152 Å². The minimum atomic E-state index is -4.74. The van der Waals surface area contributed by atoms with Crippen LogP contribution in [0.1, 0.15) is 27.8 Å². The summed E-state index contributed by atoms with van der Waals surface area (Å²) in [7, 11) is 0. The summed E-state index contributed by atoms with van der Waals surface area (Å²) in [6.45, 7) is 0. The molecule has 2 nitrogen and oxygen atoms in total. The fourth-order valence-corrected chi connectivity index (χ4v) is 12.1. The Labute approximate surface area is 436 Å².